The molecule has 2 amide bonds. The molecule has 8 heteroatoms. The van der Waals surface area contributed by atoms with Gasteiger partial charge in [0.25, 0.3) is 0 Å². The van der Waals surface area contributed by atoms with E-state index in [2.05, 4.69) is 20.9 Å². The van der Waals surface area contributed by atoms with Crippen LogP contribution in [0.2, 0.25) is 0 Å². The van der Waals surface area contributed by atoms with Gasteiger partial charge in [-0.05, 0) is 60.5 Å². The van der Waals surface area contributed by atoms with Crippen molar-refractivity contribution in [1.82, 2.24) is 10.3 Å². The lowest BCUT2D eigenvalue weighted by Crippen LogP contribution is -2.24. The number of benzene rings is 3. The Labute approximate surface area is 196 Å². The molecule has 4 rings (SSSR count). The van der Waals surface area contributed by atoms with Crippen LogP contribution in [0.25, 0.3) is 10.9 Å². The molecular weight excluding hydrogens is 432 g/mol. The van der Waals surface area contributed by atoms with Gasteiger partial charge in [-0.15, -0.1) is 0 Å². The number of aliphatic hydroxyl groups excluding tert-OH is 1. The Morgan fingerprint density at radius 2 is 1.68 bits per heavy atom. The zero-order valence-electron chi connectivity index (χ0n) is 18.4. The fourth-order valence-electron chi connectivity index (χ4n) is 3.75. The van der Waals surface area contributed by atoms with E-state index in [1.807, 2.05) is 54.6 Å². The first-order valence-electron chi connectivity index (χ1n) is 11.0. The molecule has 0 aliphatic carbocycles. The quantitative estimate of drug-likeness (QED) is 0.224. The van der Waals surface area contributed by atoms with Crippen LogP contribution < -0.4 is 21.5 Å². The van der Waals surface area contributed by atoms with Crippen molar-refractivity contribution >= 4 is 28.3 Å². The number of pyridine rings is 1. The van der Waals surface area contributed by atoms with Gasteiger partial charge in [0, 0.05) is 29.4 Å². The van der Waals surface area contributed by atoms with E-state index in [1.54, 1.807) is 12.1 Å². The summed E-state index contributed by atoms with van der Waals surface area (Å²) in [6.07, 6.45) is -0.115. The summed E-state index contributed by atoms with van der Waals surface area (Å²) < 4.78 is 0. The molecule has 6 N–H and O–H groups in total. The van der Waals surface area contributed by atoms with Gasteiger partial charge in [-0.25, -0.2) is 4.79 Å². The van der Waals surface area contributed by atoms with E-state index in [0.717, 1.165) is 5.56 Å². The molecule has 0 bridgehead atoms. The number of nitrogens with one attached hydrogen (secondary N) is 4. The lowest BCUT2D eigenvalue weighted by Gasteiger charge is -2.15. The van der Waals surface area contributed by atoms with E-state index in [-0.39, 0.29) is 17.3 Å². The van der Waals surface area contributed by atoms with Crippen LogP contribution in [-0.2, 0) is 6.42 Å². The molecule has 174 valence electrons. The predicted octanol–water partition coefficient (Wildman–Crippen LogP) is 3.74. The Balaban J connectivity index is 1.30. The van der Waals surface area contributed by atoms with Gasteiger partial charge >= 0.3 is 6.03 Å². The van der Waals surface area contributed by atoms with Gasteiger partial charge in [-0.3, -0.25) is 4.79 Å². The monoisotopic (exact) mass is 458 g/mol. The highest BCUT2D eigenvalue weighted by atomic mass is 16.3. The number of H-pyrrole nitrogens is 1. The number of carbonyl (C=O) groups excluding carboxylic acids is 1. The molecule has 0 aliphatic heterocycles. The Morgan fingerprint density at radius 3 is 2.50 bits per heavy atom. The first-order chi connectivity index (χ1) is 16.5. The maximum absolute atomic E-state index is 12.2. The van der Waals surface area contributed by atoms with E-state index >= 15 is 0 Å². The Morgan fingerprint density at radius 1 is 0.912 bits per heavy atom. The smallest absolute Gasteiger partial charge is 0.323 e. The molecule has 0 fully saturated rings. The van der Waals surface area contributed by atoms with Crippen molar-refractivity contribution in [2.45, 2.75) is 12.5 Å². The van der Waals surface area contributed by atoms with Crippen molar-refractivity contribution in [1.29, 1.82) is 0 Å². The van der Waals surface area contributed by atoms with Crippen molar-refractivity contribution in [3.05, 3.63) is 100 Å². The van der Waals surface area contributed by atoms with Crippen LogP contribution >= 0.6 is 0 Å². The number of hydrogen-bond donors (Lipinski definition) is 6. The van der Waals surface area contributed by atoms with Crippen molar-refractivity contribution < 1.29 is 15.0 Å². The molecule has 0 saturated carbocycles. The minimum atomic E-state index is -0.816. The summed E-state index contributed by atoms with van der Waals surface area (Å²) in [4.78, 5) is 26.4. The van der Waals surface area contributed by atoms with Crippen LogP contribution in [-0.4, -0.2) is 34.3 Å². The first kappa shape index (κ1) is 23.0. The number of fused-ring (bicyclic) bond motifs is 1. The van der Waals surface area contributed by atoms with Crippen molar-refractivity contribution in [3.8, 4) is 5.75 Å². The topological polar surface area (TPSA) is 126 Å². The second-order valence-corrected chi connectivity index (χ2v) is 7.90. The first-order valence-corrected chi connectivity index (χ1v) is 11.0. The Kier molecular flexibility index (Phi) is 7.22. The maximum Gasteiger partial charge on any atom is 0.323 e. The van der Waals surface area contributed by atoms with Gasteiger partial charge < -0.3 is 31.1 Å². The van der Waals surface area contributed by atoms with Gasteiger partial charge in [-0.1, -0.05) is 36.4 Å². The van der Waals surface area contributed by atoms with E-state index < -0.39 is 6.10 Å². The third-order valence-corrected chi connectivity index (χ3v) is 5.41. The molecule has 3 aromatic carbocycles. The van der Waals surface area contributed by atoms with Gasteiger partial charge in [0.15, 0.2) is 0 Å². The fourth-order valence-corrected chi connectivity index (χ4v) is 3.75. The van der Waals surface area contributed by atoms with Gasteiger partial charge in [0.2, 0.25) is 5.56 Å². The molecular formula is C26H26N4O4. The van der Waals surface area contributed by atoms with Crippen LogP contribution in [0.15, 0.2) is 83.7 Å². The normalized spacial score (nSPS) is 11.8. The molecule has 8 nitrogen and oxygen atoms in total. The second-order valence-electron chi connectivity index (χ2n) is 7.90. The molecule has 0 aliphatic rings. The number of rotatable bonds is 8. The molecule has 1 atom stereocenters. The largest absolute Gasteiger partial charge is 0.506 e. The summed E-state index contributed by atoms with van der Waals surface area (Å²) in [6, 6.07) is 22.6. The highest BCUT2D eigenvalue weighted by Crippen LogP contribution is 2.28. The minimum absolute atomic E-state index is 0.0393. The third-order valence-electron chi connectivity index (χ3n) is 5.41. The number of para-hydroxylation sites is 1. The standard InChI is InChI=1S/C26H26N4O4/c31-22-11-9-20(21-10-12-24(33)30-25(21)22)23(32)16-27-14-13-17-5-4-8-19(15-17)29-26(34)28-18-6-2-1-3-7-18/h1-12,15,23,27,31-32H,13-14,16H2,(H,30,33)(H2,28,29,34)/t23-/m0/s1. The summed E-state index contributed by atoms with van der Waals surface area (Å²) >= 11 is 0. The number of aromatic hydroxyl groups is 1. The van der Waals surface area contributed by atoms with Gasteiger partial charge in [0.05, 0.1) is 11.6 Å². The number of phenolic OH excluding ortho intramolecular Hbond substituents is 1. The average Bonchev–Trinajstić information content (AvgIpc) is 2.83. The lowest BCUT2D eigenvalue weighted by atomic mass is 10.0. The van der Waals surface area contributed by atoms with E-state index in [4.69, 9.17) is 0 Å². The highest BCUT2D eigenvalue weighted by Gasteiger charge is 2.13. The van der Waals surface area contributed by atoms with Crippen LogP contribution in [0.1, 0.15) is 17.2 Å². The van der Waals surface area contributed by atoms with Crippen LogP contribution in [0.3, 0.4) is 0 Å². The number of aromatic nitrogens is 1. The molecule has 4 aromatic rings. The van der Waals surface area contributed by atoms with Crippen molar-refractivity contribution in [2.24, 2.45) is 0 Å². The molecule has 1 aromatic heterocycles. The molecule has 0 unspecified atom stereocenters. The number of amides is 2. The molecule has 34 heavy (non-hydrogen) atoms. The number of aromatic amines is 1. The highest BCUT2D eigenvalue weighted by molar-refractivity contribution is 5.99. The number of aliphatic hydroxyl groups is 1. The molecule has 0 spiro atoms. The zero-order chi connectivity index (χ0) is 23.9. The Hall–Kier alpha value is -4.14. The van der Waals surface area contributed by atoms with E-state index in [0.29, 0.717) is 47.4 Å². The van der Waals surface area contributed by atoms with Crippen LogP contribution in [0, 0.1) is 0 Å². The van der Waals surface area contributed by atoms with E-state index in [1.165, 1.54) is 12.1 Å². The molecule has 1 heterocycles. The lowest BCUT2D eigenvalue weighted by molar-refractivity contribution is 0.176. The Bertz CT molecular complexity index is 1340. The van der Waals surface area contributed by atoms with Crippen molar-refractivity contribution in [3.63, 3.8) is 0 Å². The fraction of sp³-hybridized carbons (Fsp3) is 0.154. The SMILES string of the molecule is O=C(Nc1ccccc1)Nc1cccc(CCNC[C@H](O)c2ccc(O)c3[nH]c(=O)ccc23)c1. The molecule has 0 saturated heterocycles. The van der Waals surface area contributed by atoms with Gasteiger partial charge in [0.1, 0.15) is 5.75 Å². The van der Waals surface area contributed by atoms with Gasteiger partial charge in [-0.2, -0.15) is 0 Å². The summed E-state index contributed by atoms with van der Waals surface area (Å²) in [5.74, 6) is -0.0393. The molecule has 0 radical (unpaired) electrons. The summed E-state index contributed by atoms with van der Waals surface area (Å²) in [5.41, 5.74) is 3.05. The second kappa shape index (κ2) is 10.7. The predicted molar refractivity (Wildman–Crippen MR) is 133 cm³/mol. The van der Waals surface area contributed by atoms with Crippen LogP contribution in [0.4, 0.5) is 16.2 Å². The third kappa shape index (κ3) is 5.80. The maximum atomic E-state index is 12.2. The number of hydrogen-bond acceptors (Lipinski definition) is 5. The average molecular weight is 459 g/mol. The zero-order valence-corrected chi connectivity index (χ0v) is 18.4. The number of anilines is 2. The van der Waals surface area contributed by atoms with E-state index in [9.17, 15) is 19.8 Å². The number of phenols is 1. The van der Waals surface area contributed by atoms with Crippen LogP contribution in [0.5, 0.6) is 5.75 Å². The minimum Gasteiger partial charge on any atom is -0.506 e. The van der Waals surface area contributed by atoms with Crippen molar-refractivity contribution in [2.75, 3.05) is 23.7 Å². The summed E-state index contributed by atoms with van der Waals surface area (Å²) in [6.45, 7) is 0.917. The number of carbonyl (C=O) groups is 1. The summed E-state index contributed by atoms with van der Waals surface area (Å²) in [7, 11) is 0. The number of urea groups is 1. The summed E-state index contributed by atoms with van der Waals surface area (Å²) in [5, 5.41) is 30.1.